The zero-order valence-electron chi connectivity index (χ0n) is 14.8. The topological polar surface area (TPSA) is 98.1 Å². The van der Waals surface area contributed by atoms with Gasteiger partial charge in [0.15, 0.2) is 6.61 Å². The van der Waals surface area contributed by atoms with Crippen LogP contribution in [0.3, 0.4) is 0 Å². The lowest BCUT2D eigenvalue weighted by atomic mass is 10.2. The van der Waals surface area contributed by atoms with E-state index in [1.165, 1.54) is 6.20 Å². The number of hydrogen-bond donors (Lipinski definition) is 2. The molecule has 0 aliphatic rings. The molecular weight excluding hydrogens is 346 g/mol. The van der Waals surface area contributed by atoms with E-state index in [-0.39, 0.29) is 18.4 Å². The van der Waals surface area contributed by atoms with Gasteiger partial charge in [-0.05, 0) is 43.3 Å². The Labute approximate surface area is 156 Å². The van der Waals surface area contributed by atoms with E-state index in [9.17, 15) is 9.59 Å². The average molecular weight is 365 g/mol. The molecule has 2 N–H and O–H groups in total. The van der Waals surface area contributed by atoms with Gasteiger partial charge in [-0.15, -0.1) is 0 Å². The van der Waals surface area contributed by atoms with Gasteiger partial charge in [-0.2, -0.15) is 0 Å². The van der Waals surface area contributed by atoms with Crippen molar-refractivity contribution in [2.45, 2.75) is 6.92 Å². The van der Waals surface area contributed by atoms with Gasteiger partial charge in [0.2, 0.25) is 0 Å². The normalized spacial score (nSPS) is 10.3. The van der Waals surface area contributed by atoms with Crippen molar-refractivity contribution in [2.24, 2.45) is 0 Å². The summed E-state index contributed by atoms with van der Waals surface area (Å²) >= 11 is 0. The Hall–Kier alpha value is -3.68. The summed E-state index contributed by atoms with van der Waals surface area (Å²) in [5.41, 5.74) is 1.06. The lowest BCUT2D eigenvalue weighted by Crippen LogP contribution is -2.28. The number of carbonyl (C=O) groups excluding carboxylic acids is 2. The van der Waals surface area contributed by atoms with Gasteiger partial charge in [0.25, 0.3) is 11.8 Å². The Bertz CT molecular complexity index is 890. The van der Waals surface area contributed by atoms with E-state index in [1.807, 2.05) is 6.92 Å². The first kappa shape index (κ1) is 18.1. The Balaban J connectivity index is 1.56. The summed E-state index contributed by atoms with van der Waals surface area (Å²) in [4.78, 5) is 31.9. The van der Waals surface area contributed by atoms with Crippen molar-refractivity contribution in [3.8, 4) is 11.6 Å². The van der Waals surface area contributed by atoms with Crippen LogP contribution in [0.15, 0.2) is 61.3 Å². The van der Waals surface area contributed by atoms with Crippen LogP contribution < -0.4 is 15.4 Å². The fraction of sp³-hybridized carbons (Fsp3) is 0.158. The van der Waals surface area contributed by atoms with Crippen molar-refractivity contribution in [3.05, 3.63) is 66.9 Å². The quantitative estimate of drug-likeness (QED) is 0.668. The van der Waals surface area contributed by atoms with Crippen molar-refractivity contribution in [1.29, 1.82) is 0 Å². The summed E-state index contributed by atoms with van der Waals surface area (Å²) in [6.45, 7) is 2.36. The van der Waals surface area contributed by atoms with Crippen molar-refractivity contribution in [1.82, 2.24) is 19.9 Å². The van der Waals surface area contributed by atoms with Gasteiger partial charge in [-0.25, -0.2) is 9.97 Å². The molecule has 0 unspecified atom stereocenters. The van der Waals surface area contributed by atoms with E-state index < -0.39 is 0 Å². The molecule has 0 spiro atoms. The van der Waals surface area contributed by atoms with E-state index in [4.69, 9.17) is 4.74 Å². The minimum absolute atomic E-state index is 0.0471. The minimum Gasteiger partial charge on any atom is -0.484 e. The number of likely N-dealkylation sites (N-methyl/N-ethyl adjacent to an activating group) is 1. The molecule has 0 aliphatic carbocycles. The molecule has 3 aromatic rings. The van der Waals surface area contributed by atoms with Crippen LogP contribution in [0.1, 0.15) is 17.3 Å². The molecule has 0 saturated carbocycles. The monoisotopic (exact) mass is 365 g/mol. The number of rotatable bonds is 7. The summed E-state index contributed by atoms with van der Waals surface area (Å²) < 4.78 is 7.12. The molecule has 2 amide bonds. The number of ether oxygens (including phenoxy) is 1. The van der Waals surface area contributed by atoms with Crippen LogP contribution in [0.4, 0.5) is 5.69 Å². The summed E-state index contributed by atoms with van der Waals surface area (Å²) in [5, 5.41) is 5.44. The lowest BCUT2D eigenvalue weighted by molar-refractivity contribution is -0.122. The summed E-state index contributed by atoms with van der Waals surface area (Å²) in [6, 6.07) is 10.2. The second kappa shape index (κ2) is 8.61. The van der Waals surface area contributed by atoms with Crippen LogP contribution in [-0.2, 0) is 4.79 Å². The molecule has 138 valence electrons. The van der Waals surface area contributed by atoms with E-state index in [1.54, 1.807) is 59.7 Å². The highest BCUT2D eigenvalue weighted by Crippen LogP contribution is 2.16. The summed E-state index contributed by atoms with van der Waals surface area (Å²) in [7, 11) is 0. The smallest absolute Gasteiger partial charge is 0.257 e. The highest BCUT2D eigenvalue weighted by molar-refractivity contribution is 6.04. The van der Waals surface area contributed by atoms with Crippen molar-refractivity contribution >= 4 is 17.5 Å². The number of nitrogens with one attached hydrogen (secondary N) is 2. The average Bonchev–Trinajstić information content (AvgIpc) is 3.23. The standard InChI is InChI=1S/C19H19N5O3/c1-2-21-18(25)12-27-16-6-4-15(5-7-16)23-19(26)14-3-8-17(22-11-14)24-10-9-20-13-24/h3-11,13H,2,12H2,1H3,(H,21,25)(H,23,26). The fourth-order valence-corrected chi connectivity index (χ4v) is 2.30. The van der Waals surface area contributed by atoms with Gasteiger partial charge in [0.05, 0.1) is 5.56 Å². The number of carbonyl (C=O) groups is 2. The maximum Gasteiger partial charge on any atom is 0.257 e. The predicted molar refractivity (Wildman–Crippen MR) is 99.9 cm³/mol. The van der Waals surface area contributed by atoms with Crippen LogP contribution in [0, 0.1) is 0 Å². The molecule has 0 atom stereocenters. The third kappa shape index (κ3) is 4.91. The number of nitrogens with zero attached hydrogens (tertiary/aromatic N) is 3. The predicted octanol–water partition coefficient (Wildman–Crippen LogP) is 2.03. The second-order valence-corrected chi connectivity index (χ2v) is 5.60. The Kier molecular flexibility index (Phi) is 5.78. The molecule has 2 heterocycles. The van der Waals surface area contributed by atoms with Crippen LogP contribution in [-0.4, -0.2) is 39.5 Å². The molecule has 8 heteroatoms. The number of aromatic nitrogens is 3. The third-order valence-corrected chi connectivity index (χ3v) is 3.64. The molecule has 3 rings (SSSR count). The zero-order chi connectivity index (χ0) is 19.1. The van der Waals surface area contributed by atoms with E-state index in [2.05, 4.69) is 20.6 Å². The number of amides is 2. The first-order valence-electron chi connectivity index (χ1n) is 8.41. The Morgan fingerprint density at radius 3 is 2.59 bits per heavy atom. The number of anilines is 1. The maximum atomic E-state index is 12.3. The molecular formula is C19H19N5O3. The van der Waals surface area contributed by atoms with Crippen molar-refractivity contribution < 1.29 is 14.3 Å². The van der Waals surface area contributed by atoms with E-state index >= 15 is 0 Å². The molecule has 0 fully saturated rings. The third-order valence-electron chi connectivity index (χ3n) is 3.64. The largest absolute Gasteiger partial charge is 0.484 e. The first-order chi connectivity index (χ1) is 13.2. The van der Waals surface area contributed by atoms with Crippen LogP contribution in [0.2, 0.25) is 0 Å². The number of pyridine rings is 1. The van der Waals surface area contributed by atoms with Gasteiger partial charge in [0, 0.05) is 30.8 Å². The summed E-state index contributed by atoms with van der Waals surface area (Å²) in [5.74, 6) is 0.778. The Morgan fingerprint density at radius 1 is 1.15 bits per heavy atom. The molecule has 0 radical (unpaired) electrons. The SMILES string of the molecule is CCNC(=O)COc1ccc(NC(=O)c2ccc(-n3ccnc3)nc2)cc1. The van der Waals surface area contributed by atoms with Crippen LogP contribution in [0.5, 0.6) is 5.75 Å². The summed E-state index contributed by atoms with van der Waals surface area (Å²) in [6.07, 6.45) is 6.58. The molecule has 8 nitrogen and oxygen atoms in total. The van der Waals surface area contributed by atoms with Gasteiger partial charge in [-0.1, -0.05) is 0 Å². The number of hydrogen-bond acceptors (Lipinski definition) is 5. The first-order valence-corrected chi connectivity index (χ1v) is 8.41. The molecule has 1 aromatic carbocycles. The number of imidazole rings is 1. The Morgan fingerprint density at radius 2 is 1.96 bits per heavy atom. The highest BCUT2D eigenvalue weighted by Gasteiger charge is 2.08. The van der Waals surface area contributed by atoms with E-state index in [0.717, 1.165) is 0 Å². The van der Waals surface area contributed by atoms with Crippen LogP contribution in [0.25, 0.3) is 5.82 Å². The van der Waals surface area contributed by atoms with Gasteiger partial charge in [0.1, 0.15) is 17.9 Å². The van der Waals surface area contributed by atoms with Crippen molar-refractivity contribution in [2.75, 3.05) is 18.5 Å². The van der Waals surface area contributed by atoms with E-state index in [0.29, 0.717) is 29.4 Å². The fourth-order valence-electron chi connectivity index (χ4n) is 2.30. The highest BCUT2D eigenvalue weighted by atomic mass is 16.5. The molecule has 27 heavy (non-hydrogen) atoms. The molecule has 0 bridgehead atoms. The molecule has 0 saturated heterocycles. The van der Waals surface area contributed by atoms with Crippen LogP contribution >= 0.6 is 0 Å². The number of benzene rings is 1. The lowest BCUT2D eigenvalue weighted by Gasteiger charge is -2.09. The van der Waals surface area contributed by atoms with Gasteiger partial charge in [-0.3, -0.25) is 14.2 Å². The molecule has 0 aliphatic heterocycles. The second-order valence-electron chi connectivity index (χ2n) is 5.60. The van der Waals surface area contributed by atoms with Gasteiger partial charge >= 0.3 is 0 Å². The minimum atomic E-state index is -0.268. The van der Waals surface area contributed by atoms with Gasteiger partial charge < -0.3 is 15.4 Å². The zero-order valence-corrected chi connectivity index (χ0v) is 14.8. The molecule has 2 aromatic heterocycles. The van der Waals surface area contributed by atoms with Crippen molar-refractivity contribution in [3.63, 3.8) is 0 Å². The maximum absolute atomic E-state index is 12.3.